The van der Waals surface area contributed by atoms with E-state index in [9.17, 15) is 0 Å². The third-order valence-corrected chi connectivity index (χ3v) is 4.20. The van der Waals surface area contributed by atoms with Crippen molar-refractivity contribution in [2.75, 3.05) is 25.8 Å². The SMILES string of the molecule is COc1nc(NC2CCCC2SC)nc(OC)n1. The van der Waals surface area contributed by atoms with Gasteiger partial charge in [-0.25, -0.2) is 0 Å². The maximum atomic E-state index is 5.03. The van der Waals surface area contributed by atoms with Crippen LogP contribution in [-0.4, -0.2) is 46.7 Å². The molecule has 0 aromatic carbocycles. The van der Waals surface area contributed by atoms with Crippen LogP contribution in [0.4, 0.5) is 5.95 Å². The van der Waals surface area contributed by atoms with E-state index in [0.29, 0.717) is 17.2 Å². The fourth-order valence-corrected chi connectivity index (χ4v) is 3.06. The van der Waals surface area contributed by atoms with E-state index in [0.717, 1.165) is 6.42 Å². The number of hydrogen-bond acceptors (Lipinski definition) is 7. The number of thioether (sulfide) groups is 1. The van der Waals surface area contributed by atoms with Crippen molar-refractivity contribution >= 4 is 17.7 Å². The highest BCUT2D eigenvalue weighted by molar-refractivity contribution is 7.99. The molecule has 1 N–H and O–H groups in total. The molecule has 0 spiro atoms. The van der Waals surface area contributed by atoms with Crippen LogP contribution in [0.25, 0.3) is 0 Å². The molecular weight excluding hydrogens is 252 g/mol. The molecule has 0 saturated heterocycles. The van der Waals surface area contributed by atoms with E-state index in [2.05, 4.69) is 26.5 Å². The van der Waals surface area contributed by atoms with Gasteiger partial charge in [0.25, 0.3) is 0 Å². The second-order valence-corrected chi connectivity index (χ2v) is 5.17. The molecule has 0 aliphatic heterocycles. The van der Waals surface area contributed by atoms with E-state index in [1.165, 1.54) is 27.1 Å². The Morgan fingerprint density at radius 3 is 2.33 bits per heavy atom. The van der Waals surface area contributed by atoms with Gasteiger partial charge in [-0.3, -0.25) is 0 Å². The lowest BCUT2D eigenvalue weighted by molar-refractivity contribution is 0.341. The standard InChI is InChI=1S/C11H18N4O2S/c1-16-10-13-9(14-11(15-10)17-2)12-7-5-4-6-8(7)18-3/h7-8H,4-6H2,1-3H3,(H,12,13,14,15). The molecule has 6 nitrogen and oxygen atoms in total. The summed E-state index contributed by atoms with van der Waals surface area (Å²) in [5.74, 6) is 0.518. The number of methoxy groups -OCH3 is 2. The zero-order chi connectivity index (χ0) is 13.0. The van der Waals surface area contributed by atoms with Crippen LogP contribution in [0.15, 0.2) is 0 Å². The molecule has 1 heterocycles. The second kappa shape index (κ2) is 6.08. The number of nitrogens with zero attached hydrogens (tertiary/aromatic N) is 3. The Labute approximate surface area is 111 Å². The van der Waals surface area contributed by atoms with Gasteiger partial charge in [0.2, 0.25) is 5.95 Å². The topological polar surface area (TPSA) is 69.2 Å². The van der Waals surface area contributed by atoms with Crippen molar-refractivity contribution < 1.29 is 9.47 Å². The van der Waals surface area contributed by atoms with Gasteiger partial charge in [-0.15, -0.1) is 4.98 Å². The van der Waals surface area contributed by atoms with Crippen LogP contribution in [0.5, 0.6) is 12.0 Å². The first-order chi connectivity index (χ1) is 8.76. The van der Waals surface area contributed by atoms with Gasteiger partial charge in [0, 0.05) is 11.3 Å². The second-order valence-electron chi connectivity index (χ2n) is 4.09. The molecule has 0 amide bonds. The summed E-state index contributed by atoms with van der Waals surface area (Å²) in [5, 5.41) is 3.96. The highest BCUT2D eigenvalue weighted by Crippen LogP contribution is 2.30. The highest BCUT2D eigenvalue weighted by atomic mass is 32.2. The van der Waals surface area contributed by atoms with Crippen molar-refractivity contribution in [3.05, 3.63) is 0 Å². The summed E-state index contributed by atoms with van der Waals surface area (Å²) in [6, 6.07) is 0.933. The third kappa shape index (κ3) is 2.95. The quantitative estimate of drug-likeness (QED) is 0.871. The van der Waals surface area contributed by atoms with Crippen LogP contribution in [0.2, 0.25) is 0 Å². The monoisotopic (exact) mass is 270 g/mol. The molecule has 0 bridgehead atoms. The van der Waals surface area contributed by atoms with Crippen LogP contribution in [0, 0.1) is 0 Å². The molecule has 18 heavy (non-hydrogen) atoms. The summed E-state index contributed by atoms with van der Waals surface area (Å²) in [6.45, 7) is 0. The number of anilines is 1. The lowest BCUT2D eigenvalue weighted by atomic mass is 10.2. The zero-order valence-corrected chi connectivity index (χ0v) is 11.7. The molecule has 1 aliphatic carbocycles. The van der Waals surface area contributed by atoms with Crippen LogP contribution in [0.1, 0.15) is 19.3 Å². The Hall–Kier alpha value is -1.24. The zero-order valence-electron chi connectivity index (χ0n) is 10.8. The molecule has 1 aliphatic rings. The highest BCUT2D eigenvalue weighted by Gasteiger charge is 2.27. The molecule has 1 aromatic rings. The summed E-state index contributed by atoms with van der Waals surface area (Å²) in [5.41, 5.74) is 0. The van der Waals surface area contributed by atoms with E-state index in [1.807, 2.05) is 11.8 Å². The molecule has 1 aromatic heterocycles. The molecule has 2 unspecified atom stereocenters. The van der Waals surface area contributed by atoms with E-state index in [1.54, 1.807) is 0 Å². The summed E-state index contributed by atoms with van der Waals surface area (Å²) in [4.78, 5) is 12.3. The average Bonchev–Trinajstić information content (AvgIpc) is 2.85. The van der Waals surface area contributed by atoms with Crippen molar-refractivity contribution in [1.82, 2.24) is 15.0 Å². The van der Waals surface area contributed by atoms with Crippen molar-refractivity contribution in [2.45, 2.75) is 30.6 Å². The smallest absolute Gasteiger partial charge is 0.324 e. The largest absolute Gasteiger partial charge is 0.467 e. The Morgan fingerprint density at radius 2 is 1.78 bits per heavy atom. The number of ether oxygens (including phenoxy) is 2. The van der Waals surface area contributed by atoms with E-state index < -0.39 is 0 Å². The van der Waals surface area contributed by atoms with Crippen molar-refractivity contribution in [3.8, 4) is 12.0 Å². The molecule has 0 radical (unpaired) electrons. The summed E-state index contributed by atoms with van der Waals surface area (Å²) in [6.07, 6.45) is 5.75. The van der Waals surface area contributed by atoms with E-state index in [4.69, 9.17) is 9.47 Å². The lowest BCUT2D eigenvalue weighted by Crippen LogP contribution is -2.27. The van der Waals surface area contributed by atoms with Crippen molar-refractivity contribution in [2.24, 2.45) is 0 Å². The van der Waals surface area contributed by atoms with Gasteiger partial charge < -0.3 is 14.8 Å². The minimum atomic E-state index is 0.267. The predicted octanol–water partition coefficient (Wildman–Crippen LogP) is 1.58. The first-order valence-corrected chi connectivity index (χ1v) is 7.19. The maximum absolute atomic E-state index is 5.03. The van der Waals surface area contributed by atoms with Crippen LogP contribution >= 0.6 is 11.8 Å². The van der Waals surface area contributed by atoms with Crippen LogP contribution in [-0.2, 0) is 0 Å². The van der Waals surface area contributed by atoms with Crippen molar-refractivity contribution in [3.63, 3.8) is 0 Å². The van der Waals surface area contributed by atoms with E-state index >= 15 is 0 Å². The molecule has 2 atom stereocenters. The summed E-state index contributed by atoms with van der Waals surface area (Å²) >= 11 is 1.88. The first-order valence-electron chi connectivity index (χ1n) is 5.90. The summed E-state index contributed by atoms with van der Waals surface area (Å²) in [7, 11) is 3.05. The predicted molar refractivity (Wildman–Crippen MR) is 71.5 cm³/mol. The number of aromatic nitrogens is 3. The molecule has 1 saturated carbocycles. The van der Waals surface area contributed by atoms with E-state index in [-0.39, 0.29) is 12.0 Å². The molecule has 7 heteroatoms. The van der Waals surface area contributed by atoms with Gasteiger partial charge in [0.1, 0.15) is 0 Å². The minimum absolute atomic E-state index is 0.267. The Morgan fingerprint density at radius 1 is 1.11 bits per heavy atom. The molecule has 100 valence electrons. The first kappa shape index (κ1) is 13.2. The fourth-order valence-electron chi connectivity index (χ4n) is 2.12. The van der Waals surface area contributed by atoms with Gasteiger partial charge in [-0.1, -0.05) is 6.42 Å². The maximum Gasteiger partial charge on any atom is 0.324 e. The average molecular weight is 270 g/mol. The van der Waals surface area contributed by atoms with Crippen LogP contribution in [0.3, 0.4) is 0 Å². The van der Waals surface area contributed by atoms with Gasteiger partial charge in [0.15, 0.2) is 0 Å². The Bertz CT molecular complexity index is 382. The van der Waals surface area contributed by atoms with Gasteiger partial charge in [-0.2, -0.15) is 21.7 Å². The lowest BCUT2D eigenvalue weighted by Gasteiger charge is -2.19. The fraction of sp³-hybridized carbons (Fsp3) is 0.727. The third-order valence-electron chi connectivity index (χ3n) is 3.03. The van der Waals surface area contributed by atoms with Crippen LogP contribution < -0.4 is 14.8 Å². The van der Waals surface area contributed by atoms with Gasteiger partial charge in [0.05, 0.1) is 14.2 Å². The van der Waals surface area contributed by atoms with Crippen molar-refractivity contribution in [1.29, 1.82) is 0 Å². The van der Waals surface area contributed by atoms with Gasteiger partial charge in [-0.05, 0) is 19.1 Å². The normalized spacial score (nSPS) is 22.8. The molecule has 1 fully saturated rings. The van der Waals surface area contributed by atoms with Gasteiger partial charge >= 0.3 is 12.0 Å². The number of nitrogens with one attached hydrogen (secondary N) is 1. The Kier molecular flexibility index (Phi) is 4.46. The molecular formula is C11H18N4O2S. The Balaban J connectivity index is 2.12. The number of rotatable bonds is 5. The number of hydrogen-bond donors (Lipinski definition) is 1. The molecule has 2 rings (SSSR count). The summed E-state index contributed by atoms with van der Waals surface area (Å²) < 4.78 is 10.1. The minimum Gasteiger partial charge on any atom is -0.467 e.